The Morgan fingerprint density at radius 3 is 2.71 bits per heavy atom. The van der Waals surface area contributed by atoms with Gasteiger partial charge in [-0.15, -0.1) is 0 Å². The number of phenols is 1. The second-order valence-electron chi connectivity index (χ2n) is 5.13. The largest absolute Gasteiger partial charge is 0.507 e. The molecule has 0 saturated carbocycles. The number of phenolic OH excluding ortho intramolecular Hbond substituents is 1. The first-order valence-electron chi connectivity index (χ1n) is 6.92. The van der Waals surface area contributed by atoms with Crippen LogP contribution in [0.4, 0.5) is 0 Å². The van der Waals surface area contributed by atoms with Gasteiger partial charge in [-0.3, -0.25) is 4.79 Å². The molecule has 2 aromatic rings. The van der Waals surface area contributed by atoms with Crippen LogP contribution >= 0.6 is 0 Å². The maximum absolute atomic E-state index is 12.4. The number of benzene rings is 2. The lowest BCUT2D eigenvalue weighted by atomic mass is 10.1. The van der Waals surface area contributed by atoms with E-state index in [1.54, 1.807) is 17.0 Å². The summed E-state index contributed by atoms with van der Waals surface area (Å²) in [4.78, 5) is 14.2. The Bertz CT molecular complexity index is 667. The van der Waals surface area contributed by atoms with Gasteiger partial charge in [0.15, 0.2) is 0 Å². The monoisotopic (exact) mass is 283 g/mol. The lowest BCUT2D eigenvalue weighted by molar-refractivity contribution is 0.0780. The van der Waals surface area contributed by atoms with E-state index < -0.39 is 0 Å². The Kier molecular flexibility index (Phi) is 3.52. The summed E-state index contributed by atoms with van der Waals surface area (Å²) in [6.07, 6.45) is 0.804. The number of aromatic hydroxyl groups is 1. The molecule has 1 aliphatic rings. The second kappa shape index (κ2) is 5.48. The zero-order chi connectivity index (χ0) is 14.8. The first kappa shape index (κ1) is 13.5. The standard InChI is InChI=1S/C17H17NO3/c1-21-13-9-14-15(16(19)10-13)11-18(17(14)20)8-7-12-5-3-2-4-6-12/h2-6,9-10,19H,7-8,11H2,1H3. The minimum Gasteiger partial charge on any atom is -0.507 e. The number of carbonyl (C=O) groups is 1. The molecule has 21 heavy (non-hydrogen) atoms. The Hall–Kier alpha value is -2.49. The van der Waals surface area contributed by atoms with Crippen LogP contribution < -0.4 is 4.74 Å². The summed E-state index contributed by atoms with van der Waals surface area (Å²) in [6.45, 7) is 1.09. The van der Waals surface area contributed by atoms with Gasteiger partial charge in [0.2, 0.25) is 0 Å². The highest BCUT2D eigenvalue weighted by atomic mass is 16.5. The van der Waals surface area contributed by atoms with Crippen LogP contribution in [0, 0.1) is 0 Å². The van der Waals surface area contributed by atoms with E-state index in [1.807, 2.05) is 30.3 Å². The first-order valence-corrected chi connectivity index (χ1v) is 6.92. The van der Waals surface area contributed by atoms with E-state index in [4.69, 9.17) is 4.74 Å². The molecule has 1 heterocycles. The normalized spacial score (nSPS) is 13.4. The van der Waals surface area contributed by atoms with Crippen molar-refractivity contribution in [1.29, 1.82) is 0 Å². The van der Waals surface area contributed by atoms with Gasteiger partial charge in [-0.05, 0) is 18.1 Å². The maximum atomic E-state index is 12.4. The summed E-state index contributed by atoms with van der Waals surface area (Å²) in [5.74, 6) is 0.583. The van der Waals surface area contributed by atoms with Crippen LogP contribution in [-0.2, 0) is 13.0 Å². The summed E-state index contributed by atoms with van der Waals surface area (Å²) in [5.41, 5.74) is 2.43. The van der Waals surface area contributed by atoms with Crippen LogP contribution in [0.1, 0.15) is 21.5 Å². The van der Waals surface area contributed by atoms with E-state index in [-0.39, 0.29) is 11.7 Å². The van der Waals surface area contributed by atoms with Crippen molar-refractivity contribution >= 4 is 5.91 Å². The molecule has 1 N–H and O–H groups in total. The minimum absolute atomic E-state index is 0.0462. The van der Waals surface area contributed by atoms with Crippen molar-refractivity contribution in [3.63, 3.8) is 0 Å². The Morgan fingerprint density at radius 2 is 2.00 bits per heavy atom. The number of methoxy groups -OCH3 is 1. The van der Waals surface area contributed by atoms with Crippen LogP contribution in [0.5, 0.6) is 11.5 Å². The van der Waals surface area contributed by atoms with Crippen LogP contribution in [-0.4, -0.2) is 29.6 Å². The number of carbonyl (C=O) groups excluding carboxylic acids is 1. The quantitative estimate of drug-likeness (QED) is 0.938. The number of fused-ring (bicyclic) bond motifs is 1. The van der Waals surface area contributed by atoms with E-state index in [2.05, 4.69) is 0 Å². The van der Waals surface area contributed by atoms with Crippen LogP contribution in [0.25, 0.3) is 0 Å². The number of amides is 1. The van der Waals surface area contributed by atoms with Gasteiger partial charge in [0, 0.05) is 18.2 Å². The number of rotatable bonds is 4. The highest BCUT2D eigenvalue weighted by molar-refractivity contribution is 5.99. The van der Waals surface area contributed by atoms with E-state index in [0.29, 0.717) is 30.0 Å². The van der Waals surface area contributed by atoms with Crippen molar-refractivity contribution in [3.05, 3.63) is 59.2 Å². The van der Waals surface area contributed by atoms with Gasteiger partial charge in [0.1, 0.15) is 11.5 Å². The lowest BCUT2D eigenvalue weighted by Crippen LogP contribution is -2.26. The molecule has 0 bridgehead atoms. The average molecular weight is 283 g/mol. The molecular formula is C17H17NO3. The van der Waals surface area contributed by atoms with Crippen LogP contribution in [0.2, 0.25) is 0 Å². The minimum atomic E-state index is -0.0462. The molecule has 4 heteroatoms. The summed E-state index contributed by atoms with van der Waals surface area (Å²) < 4.78 is 5.10. The Balaban J connectivity index is 1.76. The summed E-state index contributed by atoms with van der Waals surface area (Å²) in [7, 11) is 1.52. The average Bonchev–Trinajstić information content (AvgIpc) is 2.83. The van der Waals surface area contributed by atoms with Crippen molar-refractivity contribution < 1.29 is 14.6 Å². The number of hydrogen-bond donors (Lipinski definition) is 1. The molecule has 0 radical (unpaired) electrons. The van der Waals surface area contributed by atoms with Crippen molar-refractivity contribution in [2.75, 3.05) is 13.7 Å². The fourth-order valence-electron chi connectivity index (χ4n) is 2.63. The number of nitrogens with zero attached hydrogens (tertiary/aromatic N) is 1. The number of hydrogen-bond acceptors (Lipinski definition) is 3. The second-order valence-corrected chi connectivity index (χ2v) is 5.13. The molecule has 1 amide bonds. The smallest absolute Gasteiger partial charge is 0.254 e. The molecule has 3 rings (SSSR count). The molecule has 0 atom stereocenters. The molecule has 0 unspecified atom stereocenters. The van der Waals surface area contributed by atoms with Gasteiger partial charge in [-0.2, -0.15) is 0 Å². The molecule has 4 nitrogen and oxygen atoms in total. The van der Waals surface area contributed by atoms with Gasteiger partial charge in [0.25, 0.3) is 5.91 Å². The molecule has 108 valence electrons. The van der Waals surface area contributed by atoms with Crippen LogP contribution in [0.3, 0.4) is 0 Å². The molecule has 0 fully saturated rings. The van der Waals surface area contributed by atoms with E-state index in [0.717, 1.165) is 6.42 Å². The third kappa shape index (κ3) is 2.57. The predicted molar refractivity (Wildman–Crippen MR) is 79.5 cm³/mol. The van der Waals surface area contributed by atoms with Crippen molar-refractivity contribution in [2.24, 2.45) is 0 Å². The maximum Gasteiger partial charge on any atom is 0.254 e. The predicted octanol–water partition coefficient (Wildman–Crippen LogP) is 2.60. The molecule has 1 aliphatic heterocycles. The Morgan fingerprint density at radius 1 is 1.24 bits per heavy atom. The molecule has 0 aromatic heterocycles. The van der Waals surface area contributed by atoms with Gasteiger partial charge in [-0.1, -0.05) is 30.3 Å². The van der Waals surface area contributed by atoms with Crippen molar-refractivity contribution in [2.45, 2.75) is 13.0 Å². The SMILES string of the molecule is COc1cc(O)c2c(c1)C(=O)N(CCc1ccccc1)C2. The van der Waals surface area contributed by atoms with Crippen molar-refractivity contribution in [3.8, 4) is 11.5 Å². The lowest BCUT2D eigenvalue weighted by Gasteiger charge is -2.15. The van der Waals surface area contributed by atoms with E-state index in [1.165, 1.54) is 12.7 Å². The van der Waals surface area contributed by atoms with E-state index in [9.17, 15) is 9.90 Å². The molecular weight excluding hydrogens is 266 g/mol. The number of ether oxygens (including phenoxy) is 1. The summed E-state index contributed by atoms with van der Waals surface area (Å²) >= 11 is 0. The van der Waals surface area contributed by atoms with Crippen LogP contribution in [0.15, 0.2) is 42.5 Å². The zero-order valence-corrected chi connectivity index (χ0v) is 11.9. The highest BCUT2D eigenvalue weighted by Crippen LogP contribution is 2.34. The molecule has 0 spiro atoms. The summed E-state index contributed by atoms with van der Waals surface area (Å²) in [6, 6.07) is 13.3. The third-order valence-electron chi connectivity index (χ3n) is 3.82. The molecule has 2 aromatic carbocycles. The fraction of sp³-hybridized carbons (Fsp3) is 0.235. The van der Waals surface area contributed by atoms with Gasteiger partial charge in [0.05, 0.1) is 19.2 Å². The van der Waals surface area contributed by atoms with Gasteiger partial charge in [-0.25, -0.2) is 0 Å². The Labute approximate surface area is 123 Å². The highest BCUT2D eigenvalue weighted by Gasteiger charge is 2.30. The summed E-state index contributed by atoms with van der Waals surface area (Å²) in [5, 5.41) is 10.0. The van der Waals surface area contributed by atoms with Crippen molar-refractivity contribution in [1.82, 2.24) is 4.90 Å². The molecule has 0 saturated heterocycles. The van der Waals surface area contributed by atoms with E-state index >= 15 is 0 Å². The molecule has 0 aliphatic carbocycles. The van der Waals surface area contributed by atoms with Gasteiger partial charge >= 0.3 is 0 Å². The third-order valence-corrected chi connectivity index (χ3v) is 3.82. The first-order chi connectivity index (χ1) is 10.2. The topological polar surface area (TPSA) is 49.8 Å². The fourth-order valence-corrected chi connectivity index (χ4v) is 2.63. The van der Waals surface area contributed by atoms with Gasteiger partial charge < -0.3 is 14.7 Å². The zero-order valence-electron chi connectivity index (χ0n) is 11.9.